The normalized spacial score (nSPS) is 10.9. The first-order valence-electron chi connectivity index (χ1n) is 6.59. The van der Waals surface area contributed by atoms with Gasteiger partial charge < -0.3 is 10.2 Å². The zero-order valence-corrected chi connectivity index (χ0v) is 12.1. The van der Waals surface area contributed by atoms with Gasteiger partial charge in [-0.15, -0.1) is 11.3 Å². The van der Waals surface area contributed by atoms with Gasteiger partial charge in [0.15, 0.2) is 5.76 Å². The molecule has 0 unspecified atom stereocenters. The Labute approximate surface area is 122 Å². The lowest BCUT2D eigenvalue weighted by Crippen LogP contribution is -2.01. The lowest BCUT2D eigenvalue weighted by Gasteiger charge is -1.99. The monoisotopic (exact) mass is 284 g/mol. The molecule has 0 bridgehead atoms. The van der Waals surface area contributed by atoms with Gasteiger partial charge in [-0.25, -0.2) is 4.98 Å². The van der Waals surface area contributed by atoms with E-state index in [9.17, 15) is 0 Å². The second kappa shape index (κ2) is 5.61. The zero-order valence-electron chi connectivity index (χ0n) is 11.3. The molecular formula is C16H16N2OS. The second-order valence-corrected chi connectivity index (χ2v) is 5.71. The summed E-state index contributed by atoms with van der Waals surface area (Å²) >= 11 is 1.70. The Morgan fingerprint density at radius 1 is 1.20 bits per heavy atom. The predicted octanol–water partition coefficient (Wildman–Crippen LogP) is 3.88. The first-order chi connectivity index (χ1) is 9.79. The average Bonchev–Trinajstić information content (AvgIpc) is 3.08. The van der Waals surface area contributed by atoms with Crippen LogP contribution in [0.2, 0.25) is 0 Å². The molecule has 0 amide bonds. The van der Waals surface area contributed by atoms with Crippen LogP contribution in [0.1, 0.15) is 10.4 Å². The van der Waals surface area contributed by atoms with Crippen LogP contribution in [0, 0.1) is 6.92 Å². The molecule has 1 aromatic carbocycles. The number of hydrogen-bond donors (Lipinski definition) is 1. The molecule has 4 heteroatoms. The van der Waals surface area contributed by atoms with Crippen molar-refractivity contribution in [2.45, 2.75) is 13.3 Å². The molecule has 0 atom stereocenters. The predicted molar refractivity (Wildman–Crippen MR) is 82.7 cm³/mol. The van der Waals surface area contributed by atoms with Gasteiger partial charge in [-0.05, 0) is 37.6 Å². The Balaban J connectivity index is 2.10. The summed E-state index contributed by atoms with van der Waals surface area (Å²) in [6.45, 7) is 2.72. The zero-order chi connectivity index (χ0) is 13.9. The third kappa shape index (κ3) is 2.40. The van der Waals surface area contributed by atoms with Gasteiger partial charge in [0, 0.05) is 10.4 Å². The van der Waals surface area contributed by atoms with Crippen LogP contribution < -0.4 is 5.73 Å². The molecule has 0 spiro atoms. The summed E-state index contributed by atoms with van der Waals surface area (Å²) in [6.07, 6.45) is 2.49. The summed E-state index contributed by atoms with van der Waals surface area (Å²) in [5.41, 5.74) is 9.03. The molecule has 3 nitrogen and oxygen atoms in total. The number of rotatable bonds is 4. The van der Waals surface area contributed by atoms with Crippen LogP contribution in [0.5, 0.6) is 0 Å². The molecule has 2 aromatic heterocycles. The summed E-state index contributed by atoms with van der Waals surface area (Å²) in [5, 5.41) is 1.03. The summed E-state index contributed by atoms with van der Waals surface area (Å²) in [4.78, 5) is 5.95. The molecule has 0 aliphatic carbocycles. The van der Waals surface area contributed by atoms with E-state index in [1.165, 1.54) is 16.0 Å². The standard InChI is InChI=1S/C16H16N2OS/c1-11-5-2-3-6-12(11)16-18-15(13-7-4-10-19-13)14(20-16)8-9-17/h2-7,10H,8-9,17H2,1H3. The number of nitrogens with two attached hydrogens (primary N) is 1. The quantitative estimate of drug-likeness (QED) is 0.791. The van der Waals surface area contributed by atoms with Crippen LogP contribution in [-0.4, -0.2) is 11.5 Å². The van der Waals surface area contributed by atoms with Gasteiger partial charge in [0.05, 0.1) is 6.26 Å². The van der Waals surface area contributed by atoms with Crippen LogP contribution in [-0.2, 0) is 6.42 Å². The van der Waals surface area contributed by atoms with Crippen molar-refractivity contribution in [1.29, 1.82) is 0 Å². The maximum absolute atomic E-state index is 5.71. The van der Waals surface area contributed by atoms with Crippen LogP contribution >= 0.6 is 11.3 Å². The molecule has 0 saturated carbocycles. The number of thiazole rings is 1. The molecule has 3 rings (SSSR count). The Hall–Kier alpha value is -1.91. The van der Waals surface area contributed by atoms with Crippen molar-refractivity contribution in [3.8, 4) is 22.0 Å². The minimum atomic E-state index is 0.614. The molecule has 2 heterocycles. The summed E-state index contributed by atoms with van der Waals surface area (Å²) in [6, 6.07) is 12.1. The molecule has 0 fully saturated rings. The van der Waals surface area contributed by atoms with Crippen molar-refractivity contribution < 1.29 is 4.42 Å². The Morgan fingerprint density at radius 2 is 2.05 bits per heavy atom. The lowest BCUT2D eigenvalue weighted by molar-refractivity contribution is 0.580. The van der Waals surface area contributed by atoms with Crippen LogP contribution in [0.25, 0.3) is 22.0 Å². The summed E-state index contributed by atoms with van der Waals surface area (Å²) < 4.78 is 5.49. The lowest BCUT2D eigenvalue weighted by atomic mass is 10.1. The van der Waals surface area contributed by atoms with Crippen molar-refractivity contribution in [2.75, 3.05) is 6.54 Å². The maximum Gasteiger partial charge on any atom is 0.153 e. The van der Waals surface area contributed by atoms with E-state index in [0.29, 0.717) is 6.54 Å². The fraction of sp³-hybridized carbons (Fsp3) is 0.188. The van der Waals surface area contributed by atoms with Gasteiger partial charge in [0.1, 0.15) is 10.7 Å². The van der Waals surface area contributed by atoms with Crippen molar-refractivity contribution in [3.63, 3.8) is 0 Å². The minimum Gasteiger partial charge on any atom is -0.463 e. The topological polar surface area (TPSA) is 52.0 Å². The molecule has 20 heavy (non-hydrogen) atoms. The number of furan rings is 1. The van der Waals surface area contributed by atoms with Crippen molar-refractivity contribution in [1.82, 2.24) is 4.98 Å². The van der Waals surface area contributed by atoms with Crippen LogP contribution in [0.4, 0.5) is 0 Å². The van der Waals surface area contributed by atoms with E-state index in [1.54, 1.807) is 17.6 Å². The molecule has 102 valence electrons. The van der Waals surface area contributed by atoms with E-state index in [4.69, 9.17) is 15.1 Å². The highest BCUT2D eigenvalue weighted by Gasteiger charge is 2.16. The van der Waals surface area contributed by atoms with Gasteiger partial charge in [-0.2, -0.15) is 0 Å². The summed E-state index contributed by atoms with van der Waals surface area (Å²) in [5.74, 6) is 0.810. The molecular weight excluding hydrogens is 268 g/mol. The number of hydrogen-bond acceptors (Lipinski definition) is 4. The molecule has 2 N–H and O–H groups in total. The van der Waals surface area contributed by atoms with Gasteiger partial charge in [0.25, 0.3) is 0 Å². The molecule has 0 saturated heterocycles. The number of aromatic nitrogens is 1. The van der Waals surface area contributed by atoms with Crippen molar-refractivity contribution >= 4 is 11.3 Å². The van der Waals surface area contributed by atoms with E-state index in [0.717, 1.165) is 22.9 Å². The number of benzene rings is 1. The van der Waals surface area contributed by atoms with Gasteiger partial charge in [0.2, 0.25) is 0 Å². The van der Waals surface area contributed by atoms with E-state index in [2.05, 4.69) is 19.1 Å². The Kier molecular flexibility index (Phi) is 3.67. The highest BCUT2D eigenvalue weighted by molar-refractivity contribution is 7.15. The van der Waals surface area contributed by atoms with E-state index >= 15 is 0 Å². The SMILES string of the molecule is Cc1ccccc1-c1nc(-c2ccco2)c(CCN)s1. The van der Waals surface area contributed by atoms with Crippen LogP contribution in [0.3, 0.4) is 0 Å². The van der Waals surface area contributed by atoms with Gasteiger partial charge >= 0.3 is 0 Å². The van der Waals surface area contributed by atoms with E-state index < -0.39 is 0 Å². The average molecular weight is 284 g/mol. The fourth-order valence-corrected chi connectivity index (χ4v) is 3.36. The molecule has 0 aliphatic rings. The van der Waals surface area contributed by atoms with Gasteiger partial charge in [-0.1, -0.05) is 24.3 Å². The Bertz CT molecular complexity index is 701. The Morgan fingerprint density at radius 3 is 2.75 bits per heavy atom. The van der Waals surface area contributed by atoms with Crippen LogP contribution in [0.15, 0.2) is 47.1 Å². The highest BCUT2D eigenvalue weighted by Crippen LogP contribution is 2.35. The van der Waals surface area contributed by atoms with E-state index in [1.807, 2.05) is 24.3 Å². The number of nitrogens with zero attached hydrogens (tertiary/aromatic N) is 1. The van der Waals surface area contributed by atoms with E-state index in [-0.39, 0.29) is 0 Å². The highest BCUT2D eigenvalue weighted by atomic mass is 32.1. The third-order valence-corrected chi connectivity index (χ3v) is 4.35. The third-order valence-electron chi connectivity index (χ3n) is 3.20. The second-order valence-electron chi connectivity index (χ2n) is 4.62. The molecule has 0 aliphatic heterocycles. The molecule has 3 aromatic rings. The largest absolute Gasteiger partial charge is 0.463 e. The van der Waals surface area contributed by atoms with Gasteiger partial charge in [-0.3, -0.25) is 0 Å². The fourth-order valence-electron chi connectivity index (χ4n) is 2.19. The van der Waals surface area contributed by atoms with Crippen molar-refractivity contribution in [3.05, 3.63) is 53.1 Å². The first-order valence-corrected chi connectivity index (χ1v) is 7.41. The number of aryl methyl sites for hydroxylation is 1. The maximum atomic E-state index is 5.71. The first kappa shape index (κ1) is 13.1. The summed E-state index contributed by atoms with van der Waals surface area (Å²) in [7, 11) is 0. The smallest absolute Gasteiger partial charge is 0.153 e. The minimum absolute atomic E-state index is 0.614. The molecule has 0 radical (unpaired) electrons. The van der Waals surface area contributed by atoms with Crippen molar-refractivity contribution in [2.24, 2.45) is 5.73 Å².